The van der Waals surface area contributed by atoms with Crippen LogP contribution in [-0.4, -0.2) is 64.9 Å². The number of piperidine rings is 1. The molecule has 9 nitrogen and oxygen atoms in total. The molecule has 0 saturated carbocycles. The first-order valence-electron chi connectivity index (χ1n) is 13.3. The van der Waals surface area contributed by atoms with Gasteiger partial charge >= 0.3 is 11.7 Å². The Kier molecular flexibility index (Phi) is 7.86. The van der Waals surface area contributed by atoms with E-state index in [4.69, 9.17) is 0 Å². The zero-order valence-corrected chi connectivity index (χ0v) is 23.5. The lowest BCUT2D eigenvalue weighted by Crippen LogP contribution is -2.44. The van der Waals surface area contributed by atoms with E-state index in [1.165, 1.54) is 11.9 Å². The molecular weight excluding hydrogens is 514 g/mol. The van der Waals surface area contributed by atoms with Crippen LogP contribution in [0.25, 0.3) is 0 Å². The van der Waals surface area contributed by atoms with Gasteiger partial charge in [0.2, 0.25) is 0 Å². The van der Waals surface area contributed by atoms with Crippen molar-refractivity contribution >= 4 is 34.9 Å². The van der Waals surface area contributed by atoms with Crippen LogP contribution in [0.4, 0.5) is 17.2 Å². The Morgan fingerprint density at radius 3 is 2.46 bits per heavy atom. The van der Waals surface area contributed by atoms with Crippen LogP contribution < -0.4 is 21.0 Å². The average Bonchev–Trinajstić information content (AvgIpc) is 2.93. The minimum atomic E-state index is -0.913. The van der Waals surface area contributed by atoms with Gasteiger partial charge in [-0.3, -0.25) is 13.9 Å². The maximum atomic E-state index is 12.3. The van der Waals surface area contributed by atoms with E-state index < -0.39 is 5.97 Å². The van der Waals surface area contributed by atoms with Gasteiger partial charge < -0.3 is 19.8 Å². The number of fused-ring (bicyclic) bond motifs is 2. The van der Waals surface area contributed by atoms with Crippen molar-refractivity contribution in [1.29, 1.82) is 0 Å². The summed E-state index contributed by atoms with van der Waals surface area (Å²) in [6, 6.07) is 15.2. The molecule has 206 valence electrons. The first kappa shape index (κ1) is 27.1. The molecule has 0 spiro atoms. The summed E-state index contributed by atoms with van der Waals surface area (Å²) in [5.41, 5.74) is 1.82. The van der Waals surface area contributed by atoms with Gasteiger partial charge in [-0.05, 0) is 69.1 Å². The van der Waals surface area contributed by atoms with Gasteiger partial charge in [0, 0.05) is 56.1 Å². The second-order valence-electron chi connectivity index (χ2n) is 10.5. The molecule has 1 saturated heterocycles. The first-order chi connectivity index (χ1) is 18.7. The van der Waals surface area contributed by atoms with E-state index in [9.17, 15) is 19.5 Å². The summed E-state index contributed by atoms with van der Waals surface area (Å²) >= 11 is 1.68. The molecule has 0 amide bonds. The summed E-state index contributed by atoms with van der Waals surface area (Å²) in [6.45, 7) is 4.37. The zero-order chi connectivity index (χ0) is 27.7. The van der Waals surface area contributed by atoms with Crippen LogP contribution in [0.3, 0.4) is 0 Å². The van der Waals surface area contributed by atoms with Crippen LogP contribution in [-0.2, 0) is 14.1 Å². The predicted molar refractivity (Wildman–Crippen MR) is 155 cm³/mol. The third-order valence-corrected chi connectivity index (χ3v) is 8.93. The van der Waals surface area contributed by atoms with Crippen molar-refractivity contribution in [2.75, 3.05) is 49.6 Å². The summed E-state index contributed by atoms with van der Waals surface area (Å²) in [4.78, 5) is 45.1. The number of carbonyl (C=O) groups is 1. The molecule has 39 heavy (non-hydrogen) atoms. The van der Waals surface area contributed by atoms with Gasteiger partial charge in [0.25, 0.3) is 5.56 Å². The van der Waals surface area contributed by atoms with Crippen molar-refractivity contribution in [2.24, 2.45) is 20.0 Å². The van der Waals surface area contributed by atoms with E-state index in [1.807, 2.05) is 18.2 Å². The van der Waals surface area contributed by atoms with Gasteiger partial charge in [-0.1, -0.05) is 23.9 Å². The van der Waals surface area contributed by atoms with Gasteiger partial charge in [0.1, 0.15) is 5.82 Å². The molecule has 1 N–H and O–H groups in total. The molecule has 3 heterocycles. The molecule has 3 aromatic rings. The topological polar surface area (TPSA) is 91.0 Å². The van der Waals surface area contributed by atoms with Crippen LogP contribution in [0.2, 0.25) is 0 Å². The smallest absolute Gasteiger partial charge is 0.335 e. The fourth-order valence-corrected chi connectivity index (χ4v) is 6.68. The Morgan fingerprint density at radius 2 is 1.72 bits per heavy atom. The van der Waals surface area contributed by atoms with E-state index >= 15 is 0 Å². The Labute approximate surface area is 232 Å². The lowest BCUT2D eigenvalue weighted by atomic mass is 9.96. The molecule has 0 unspecified atom stereocenters. The van der Waals surface area contributed by atoms with Gasteiger partial charge in [-0.2, -0.15) is 0 Å². The van der Waals surface area contributed by atoms with E-state index in [2.05, 4.69) is 33.9 Å². The SMILES string of the molecule is CN(CCCN1c2ccccc2Sc2ccc(C(=O)O)cc21)CC1CCN(c2cc(=O)n(C)c(=O)n2C)CC1. The summed E-state index contributed by atoms with van der Waals surface area (Å²) < 4.78 is 2.69. The van der Waals surface area contributed by atoms with E-state index in [-0.39, 0.29) is 11.2 Å². The van der Waals surface area contributed by atoms with Crippen molar-refractivity contribution in [1.82, 2.24) is 14.0 Å². The Morgan fingerprint density at radius 1 is 1.00 bits per heavy atom. The number of aromatic nitrogens is 2. The van der Waals surface area contributed by atoms with Crippen molar-refractivity contribution < 1.29 is 9.90 Å². The number of carboxylic acids is 1. The highest BCUT2D eigenvalue weighted by atomic mass is 32.2. The molecule has 1 aromatic heterocycles. The molecule has 0 atom stereocenters. The van der Waals surface area contributed by atoms with Crippen LogP contribution in [0.5, 0.6) is 0 Å². The van der Waals surface area contributed by atoms with Gasteiger partial charge in [-0.15, -0.1) is 0 Å². The van der Waals surface area contributed by atoms with Crippen molar-refractivity contribution in [2.45, 2.75) is 29.1 Å². The molecular formula is C29H35N5O4S. The normalized spacial score (nSPS) is 15.4. The summed E-state index contributed by atoms with van der Waals surface area (Å²) in [5.74, 6) is 0.339. The van der Waals surface area contributed by atoms with Gasteiger partial charge in [0.05, 0.1) is 16.9 Å². The zero-order valence-electron chi connectivity index (χ0n) is 22.7. The fourth-order valence-electron chi connectivity index (χ4n) is 5.60. The van der Waals surface area contributed by atoms with Crippen LogP contribution in [0, 0.1) is 5.92 Å². The molecule has 2 aliphatic rings. The summed E-state index contributed by atoms with van der Waals surface area (Å²) in [5, 5.41) is 9.54. The number of hydrogen-bond acceptors (Lipinski definition) is 7. The Balaban J connectivity index is 1.18. The number of benzene rings is 2. The molecule has 0 aliphatic carbocycles. The standard InChI is InChI=1S/C29H35N5O4S/c1-30(19-20-11-15-33(16-12-20)26-18-27(35)32(3)29(38)31(26)2)13-6-14-34-22-7-4-5-8-24(22)39-25-10-9-21(28(36)37)17-23(25)34/h4-5,7-10,17-18,20H,6,11-16,19H2,1-3H3,(H,36,37). The molecule has 5 rings (SSSR count). The molecule has 10 heteroatoms. The minimum Gasteiger partial charge on any atom is -0.478 e. The maximum absolute atomic E-state index is 12.3. The summed E-state index contributed by atoms with van der Waals surface area (Å²) in [6.07, 6.45) is 2.96. The van der Waals surface area contributed by atoms with Gasteiger partial charge in [-0.25, -0.2) is 9.59 Å². The van der Waals surface area contributed by atoms with E-state index in [0.29, 0.717) is 17.3 Å². The molecule has 2 aromatic carbocycles. The second kappa shape index (κ2) is 11.3. The number of hydrogen-bond donors (Lipinski definition) is 1. The number of para-hydroxylation sites is 1. The third-order valence-electron chi connectivity index (χ3n) is 7.80. The van der Waals surface area contributed by atoms with E-state index in [1.54, 1.807) is 41.6 Å². The quantitative estimate of drug-likeness (QED) is 0.456. The molecule has 0 bridgehead atoms. The summed E-state index contributed by atoms with van der Waals surface area (Å²) in [7, 11) is 5.39. The Bertz CT molecular complexity index is 1490. The maximum Gasteiger partial charge on any atom is 0.335 e. The number of carboxylic acid groups (broad SMARTS) is 1. The lowest BCUT2D eigenvalue weighted by molar-refractivity contribution is 0.0697. The third kappa shape index (κ3) is 5.62. The molecule has 2 aliphatic heterocycles. The average molecular weight is 550 g/mol. The highest BCUT2D eigenvalue weighted by Crippen LogP contribution is 2.48. The van der Waals surface area contributed by atoms with E-state index in [0.717, 1.165) is 72.8 Å². The lowest BCUT2D eigenvalue weighted by Gasteiger charge is -2.36. The van der Waals surface area contributed by atoms with Crippen molar-refractivity contribution in [3.63, 3.8) is 0 Å². The number of anilines is 3. The monoisotopic (exact) mass is 549 g/mol. The molecule has 0 radical (unpaired) electrons. The van der Waals surface area contributed by atoms with Crippen molar-refractivity contribution in [3.8, 4) is 0 Å². The second-order valence-corrected chi connectivity index (χ2v) is 11.6. The first-order valence-corrected chi connectivity index (χ1v) is 14.2. The number of nitrogens with zero attached hydrogens (tertiary/aromatic N) is 5. The van der Waals surface area contributed by atoms with Crippen LogP contribution in [0.1, 0.15) is 29.6 Å². The number of rotatable bonds is 8. The highest BCUT2D eigenvalue weighted by Gasteiger charge is 2.25. The predicted octanol–water partition coefficient (Wildman–Crippen LogP) is 3.62. The van der Waals surface area contributed by atoms with Crippen molar-refractivity contribution in [3.05, 3.63) is 74.9 Å². The highest BCUT2D eigenvalue weighted by molar-refractivity contribution is 7.99. The largest absolute Gasteiger partial charge is 0.478 e. The van der Waals surface area contributed by atoms with Gasteiger partial charge in [0.15, 0.2) is 0 Å². The molecule has 1 fully saturated rings. The Hall–Kier alpha value is -3.50. The van der Waals surface area contributed by atoms with Crippen LogP contribution in [0.15, 0.2) is 67.9 Å². The number of aromatic carboxylic acids is 1. The fraction of sp³-hybridized carbons (Fsp3) is 0.414. The van der Waals surface area contributed by atoms with Crippen LogP contribution >= 0.6 is 11.8 Å². The minimum absolute atomic E-state index is 0.272.